The van der Waals surface area contributed by atoms with Crippen molar-refractivity contribution in [2.45, 2.75) is 26.4 Å². The van der Waals surface area contributed by atoms with Gasteiger partial charge in [-0.15, -0.1) is 0 Å². The number of benzene rings is 1. The van der Waals surface area contributed by atoms with Crippen molar-refractivity contribution in [2.75, 3.05) is 31.3 Å². The number of anilines is 1. The topological polar surface area (TPSA) is 79.2 Å². The van der Waals surface area contributed by atoms with Gasteiger partial charge in [0.25, 0.3) is 5.91 Å². The van der Waals surface area contributed by atoms with Crippen molar-refractivity contribution in [3.05, 3.63) is 17.7 Å². The fraction of sp³-hybridized carbons (Fsp3) is 0.533. The van der Waals surface area contributed by atoms with Crippen molar-refractivity contribution in [1.29, 1.82) is 0 Å². The van der Waals surface area contributed by atoms with Crippen LogP contribution in [0.4, 0.5) is 5.69 Å². The Morgan fingerprint density at radius 2 is 2.19 bits per heavy atom. The normalized spacial score (nSPS) is 13.9. The highest BCUT2D eigenvalue weighted by molar-refractivity contribution is 5.98. The zero-order chi connectivity index (χ0) is 15.2. The van der Waals surface area contributed by atoms with Crippen LogP contribution in [0.1, 0.15) is 25.3 Å². The summed E-state index contributed by atoms with van der Waals surface area (Å²) < 4.78 is 11.2. The highest BCUT2D eigenvalue weighted by Crippen LogP contribution is 2.41. The van der Waals surface area contributed by atoms with E-state index < -0.39 is 0 Å². The van der Waals surface area contributed by atoms with E-state index in [1.54, 1.807) is 17.0 Å². The average molecular weight is 295 g/mol. The molecule has 0 saturated carbocycles. The monoisotopic (exact) mass is 295 g/mol. The Kier molecular flexibility index (Phi) is 5.41. The van der Waals surface area contributed by atoms with Crippen LogP contribution in [-0.4, -0.2) is 42.5 Å². The molecule has 1 aromatic rings. The molecule has 0 radical (unpaired) electrons. The lowest BCUT2D eigenvalue weighted by Gasteiger charge is -2.31. The van der Waals surface area contributed by atoms with E-state index in [4.69, 9.17) is 14.6 Å². The molecular formula is C15H21NO5. The third-order valence-corrected chi connectivity index (χ3v) is 3.21. The summed E-state index contributed by atoms with van der Waals surface area (Å²) in [6.07, 6.45) is 1.34. The number of nitrogens with zero attached hydrogens (tertiary/aromatic N) is 1. The van der Waals surface area contributed by atoms with Gasteiger partial charge in [0.05, 0.1) is 18.9 Å². The first-order chi connectivity index (χ1) is 10.2. The Morgan fingerprint density at radius 3 is 2.86 bits per heavy atom. The molecule has 0 aromatic heterocycles. The summed E-state index contributed by atoms with van der Waals surface area (Å²) in [7, 11) is 0. The summed E-state index contributed by atoms with van der Waals surface area (Å²) in [6, 6.07) is 3.46. The summed E-state index contributed by atoms with van der Waals surface area (Å²) in [6.45, 7) is 2.78. The van der Waals surface area contributed by atoms with Crippen molar-refractivity contribution < 1.29 is 24.5 Å². The van der Waals surface area contributed by atoms with Gasteiger partial charge in [-0.25, -0.2) is 0 Å². The number of hydrogen-bond donors (Lipinski definition) is 2. The Balaban J connectivity index is 2.39. The van der Waals surface area contributed by atoms with Gasteiger partial charge >= 0.3 is 0 Å². The summed E-state index contributed by atoms with van der Waals surface area (Å²) in [5.41, 5.74) is 1.25. The molecule has 0 atom stereocenters. The quantitative estimate of drug-likeness (QED) is 0.787. The third kappa shape index (κ3) is 3.46. The minimum Gasteiger partial charge on any atom is -0.490 e. The van der Waals surface area contributed by atoms with Gasteiger partial charge in [-0.3, -0.25) is 4.79 Å². The van der Waals surface area contributed by atoms with Crippen molar-refractivity contribution >= 4 is 11.6 Å². The van der Waals surface area contributed by atoms with Gasteiger partial charge in [-0.05, 0) is 30.5 Å². The van der Waals surface area contributed by atoms with E-state index in [9.17, 15) is 9.90 Å². The van der Waals surface area contributed by atoms with E-state index in [0.717, 1.165) is 6.42 Å². The van der Waals surface area contributed by atoms with Crippen LogP contribution in [0.15, 0.2) is 12.1 Å². The second-order valence-corrected chi connectivity index (χ2v) is 4.86. The van der Waals surface area contributed by atoms with E-state index in [1.807, 2.05) is 6.92 Å². The summed E-state index contributed by atoms with van der Waals surface area (Å²) >= 11 is 0. The van der Waals surface area contributed by atoms with Gasteiger partial charge in [0.15, 0.2) is 18.1 Å². The second-order valence-electron chi connectivity index (χ2n) is 4.86. The molecule has 0 spiro atoms. The molecule has 21 heavy (non-hydrogen) atoms. The van der Waals surface area contributed by atoms with Gasteiger partial charge in [0.1, 0.15) is 0 Å². The highest BCUT2D eigenvalue weighted by atomic mass is 16.5. The Bertz CT molecular complexity index is 503. The minimum atomic E-state index is -0.160. The van der Waals surface area contributed by atoms with Crippen LogP contribution in [0.2, 0.25) is 0 Å². The van der Waals surface area contributed by atoms with Gasteiger partial charge in [-0.1, -0.05) is 6.92 Å². The molecule has 0 unspecified atom stereocenters. The maximum Gasteiger partial charge on any atom is 0.265 e. The first-order valence-electron chi connectivity index (χ1n) is 7.15. The standard InChI is InChI=1S/C15H21NO5/c1-2-6-20-13-8-11(9-18)7-12-15(13)21-10-14(19)16(12)4-3-5-17/h7-8,17-18H,2-6,9-10H2,1H3. The summed E-state index contributed by atoms with van der Waals surface area (Å²) in [5.74, 6) is 0.908. The largest absolute Gasteiger partial charge is 0.490 e. The first-order valence-corrected chi connectivity index (χ1v) is 7.15. The zero-order valence-corrected chi connectivity index (χ0v) is 12.2. The number of rotatable bonds is 7. The van der Waals surface area contributed by atoms with Crippen LogP contribution in [-0.2, 0) is 11.4 Å². The molecule has 6 heteroatoms. The SMILES string of the molecule is CCCOc1cc(CO)cc2c1OCC(=O)N2CCCO. The number of hydrogen-bond acceptors (Lipinski definition) is 5. The van der Waals surface area contributed by atoms with Crippen LogP contribution in [0.3, 0.4) is 0 Å². The average Bonchev–Trinajstić information content (AvgIpc) is 2.51. The van der Waals surface area contributed by atoms with Crippen LogP contribution < -0.4 is 14.4 Å². The fourth-order valence-electron chi connectivity index (χ4n) is 2.22. The molecular weight excluding hydrogens is 274 g/mol. The van der Waals surface area contributed by atoms with Crippen molar-refractivity contribution in [3.8, 4) is 11.5 Å². The predicted molar refractivity (Wildman–Crippen MR) is 77.7 cm³/mol. The van der Waals surface area contributed by atoms with Gasteiger partial charge in [-0.2, -0.15) is 0 Å². The number of aliphatic hydroxyl groups excluding tert-OH is 2. The molecule has 1 amide bonds. The molecule has 0 aliphatic carbocycles. The van der Waals surface area contributed by atoms with Gasteiger partial charge < -0.3 is 24.6 Å². The highest BCUT2D eigenvalue weighted by Gasteiger charge is 2.28. The van der Waals surface area contributed by atoms with E-state index in [1.165, 1.54) is 0 Å². The van der Waals surface area contributed by atoms with Crippen LogP contribution in [0.5, 0.6) is 11.5 Å². The molecule has 6 nitrogen and oxygen atoms in total. The first kappa shape index (κ1) is 15.6. The molecule has 2 rings (SSSR count). The summed E-state index contributed by atoms with van der Waals surface area (Å²) in [4.78, 5) is 13.6. The van der Waals surface area contributed by atoms with E-state index in [2.05, 4.69) is 0 Å². The Labute approximate surface area is 123 Å². The van der Waals surface area contributed by atoms with Crippen LogP contribution in [0, 0.1) is 0 Å². The zero-order valence-electron chi connectivity index (χ0n) is 12.2. The molecule has 1 heterocycles. The number of ether oxygens (including phenoxy) is 2. The number of carbonyl (C=O) groups excluding carboxylic acids is 1. The molecule has 1 aromatic carbocycles. The number of aliphatic hydroxyl groups is 2. The van der Waals surface area contributed by atoms with Crippen molar-refractivity contribution in [1.82, 2.24) is 0 Å². The molecule has 0 fully saturated rings. The van der Waals surface area contributed by atoms with Crippen molar-refractivity contribution in [3.63, 3.8) is 0 Å². The van der Waals surface area contributed by atoms with Gasteiger partial charge in [0, 0.05) is 13.2 Å². The van der Waals surface area contributed by atoms with E-state index in [-0.39, 0.29) is 25.7 Å². The Hall–Kier alpha value is -1.79. The lowest BCUT2D eigenvalue weighted by molar-refractivity contribution is -0.121. The van der Waals surface area contributed by atoms with Crippen molar-refractivity contribution in [2.24, 2.45) is 0 Å². The van der Waals surface area contributed by atoms with Crippen LogP contribution in [0.25, 0.3) is 0 Å². The smallest absolute Gasteiger partial charge is 0.265 e. The number of fused-ring (bicyclic) bond motifs is 1. The van der Waals surface area contributed by atoms with E-state index in [0.29, 0.717) is 42.3 Å². The maximum atomic E-state index is 12.0. The third-order valence-electron chi connectivity index (χ3n) is 3.21. The number of carbonyl (C=O) groups is 1. The molecule has 2 N–H and O–H groups in total. The molecule has 0 saturated heterocycles. The predicted octanol–water partition coefficient (Wildman–Crippen LogP) is 1.08. The fourth-order valence-corrected chi connectivity index (χ4v) is 2.22. The molecule has 116 valence electrons. The lowest BCUT2D eigenvalue weighted by atomic mass is 10.1. The maximum absolute atomic E-state index is 12.0. The number of amides is 1. The minimum absolute atomic E-state index is 0.0128. The molecule has 1 aliphatic heterocycles. The molecule has 1 aliphatic rings. The Morgan fingerprint density at radius 1 is 1.38 bits per heavy atom. The van der Waals surface area contributed by atoms with Gasteiger partial charge in [0.2, 0.25) is 0 Å². The van der Waals surface area contributed by atoms with Crippen LogP contribution >= 0.6 is 0 Å². The lowest BCUT2D eigenvalue weighted by Crippen LogP contribution is -2.39. The van der Waals surface area contributed by atoms with E-state index >= 15 is 0 Å². The second kappa shape index (κ2) is 7.28. The molecule has 0 bridgehead atoms. The summed E-state index contributed by atoms with van der Waals surface area (Å²) in [5, 5.41) is 18.3.